The third-order valence-corrected chi connectivity index (χ3v) is 5.51. The molecule has 0 radical (unpaired) electrons. The molecule has 6 nitrogen and oxygen atoms in total. The van der Waals surface area contributed by atoms with Crippen molar-refractivity contribution in [1.29, 1.82) is 0 Å². The molecule has 0 fully saturated rings. The van der Waals surface area contributed by atoms with E-state index in [0.717, 1.165) is 30.0 Å². The van der Waals surface area contributed by atoms with Crippen LogP contribution in [-0.4, -0.2) is 52.2 Å². The molecule has 0 aliphatic carbocycles. The Morgan fingerprint density at radius 1 is 1.18 bits per heavy atom. The minimum absolute atomic E-state index is 0.0357. The summed E-state index contributed by atoms with van der Waals surface area (Å²) in [6.07, 6.45) is -1.39. The lowest BCUT2D eigenvalue weighted by atomic mass is 10.1. The molecular weight excluding hydrogens is 465 g/mol. The predicted octanol–water partition coefficient (Wildman–Crippen LogP) is 6.31. The largest absolute Gasteiger partial charge is 0.389 e. The number of benzene rings is 1. The molecular formula is C24H28ClF3N6. The average molecular weight is 493 g/mol. The Kier molecular flexibility index (Phi) is 8.92. The van der Waals surface area contributed by atoms with E-state index in [2.05, 4.69) is 38.4 Å². The van der Waals surface area contributed by atoms with Crippen LogP contribution in [0, 0.1) is 0 Å². The van der Waals surface area contributed by atoms with Crippen LogP contribution in [0.3, 0.4) is 0 Å². The Morgan fingerprint density at radius 2 is 1.91 bits per heavy atom. The number of unbranched alkanes of at least 4 members (excludes halogenated alkanes) is 1. The minimum Gasteiger partial charge on any atom is -0.370 e. The summed E-state index contributed by atoms with van der Waals surface area (Å²) in [6.45, 7) is 9.01. The SMILES string of the molecule is C=CNc1nc(Cl)[nH]c1C(=C)N(CCCCC1=NCC(c2ccccc2)=N1)CCCC(F)(F)F. The average Bonchev–Trinajstić information content (AvgIpc) is 3.41. The van der Waals surface area contributed by atoms with Crippen molar-refractivity contribution in [1.82, 2.24) is 14.9 Å². The molecule has 0 saturated heterocycles. The van der Waals surface area contributed by atoms with Crippen LogP contribution >= 0.6 is 11.6 Å². The zero-order valence-corrected chi connectivity index (χ0v) is 19.6. The molecule has 2 heterocycles. The van der Waals surface area contributed by atoms with E-state index in [1.165, 1.54) is 6.20 Å². The molecule has 0 atom stereocenters. The lowest BCUT2D eigenvalue weighted by Gasteiger charge is -2.27. The van der Waals surface area contributed by atoms with Crippen molar-refractivity contribution in [3.63, 3.8) is 0 Å². The van der Waals surface area contributed by atoms with Gasteiger partial charge in [-0.25, -0.2) is 4.99 Å². The Bertz CT molecular complexity index is 1040. The van der Waals surface area contributed by atoms with Gasteiger partial charge in [-0.2, -0.15) is 18.2 Å². The van der Waals surface area contributed by atoms with Crippen molar-refractivity contribution in [2.75, 3.05) is 25.0 Å². The lowest BCUT2D eigenvalue weighted by Crippen LogP contribution is -2.26. The maximum Gasteiger partial charge on any atom is 0.389 e. The van der Waals surface area contributed by atoms with Gasteiger partial charge in [-0.3, -0.25) is 4.99 Å². The molecule has 0 spiro atoms. The number of imidazole rings is 1. The second-order valence-electron chi connectivity index (χ2n) is 7.87. The summed E-state index contributed by atoms with van der Waals surface area (Å²) in [5.74, 6) is 1.23. The number of anilines is 1. The van der Waals surface area contributed by atoms with Crippen LogP contribution in [0.2, 0.25) is 5.28 Å². The third-order valence-electron chi connectivity index (χ3n) is 5.33. The Morgan fingerprint density at radius 3 is 2.62 bits per heavy atom. The maximum absolute atomic E-state index is 12.7. The molecule has 0 unspecified atom stereocenters. The molecule has 1 aliphatic heterocycles. The number of rotatable bonds is 13. The summed E-state index contributed by atoms with van der Waals surface area (Å²) in [5, 5.41) is 3.03. The normalized spacial score (nSPS) is 13.4. The minimum atomic E-state index is -4.20. The number of amidine groups is 1. The number of halogens is 4. The topological polar surface area (TPSA) is 68.7 Å². The van der Waals surface area contributed by atoms with Crippen molar-refractivity contribution in [2.45, 2.75) is 38.3 Å². The zero-order valence-electron chi connectivity index (χ0n) is 18.8. The van der Waals surface area contributed by atoms with Crippen molar-refractivity contribution >= 4 is 34.7 Å². The molecule has 2 aromatic rings. The first-order chi connectivity index (χ1) is 16.3. The van der Waals surface area contributed by atoms with Crippen molar-refractivity contribution in [3.8, 4) is 0 Å². The first-order valence-electron chi connectivity index (χ1n) is 11.1. The summed E-state index contributed by atoms with van der Waals surface area (Å²) < 4.78 is 38.1. The highest BCUT2D eigenvalue weighted by Gasteiger charge is 2.27. The molecule has 0 amide bonds. The zero-order chi connectivity index (χ0) is 24.6. The third kappa shape index (κ3) is 7.48. The van der Waals surface area contributed by atoms with Crippen LogP contribution in [-0.2, 0) is 0 Å². The summed E-state index contributed by atoms with van der Waals surface area (Å²) in [5.41, 5.74) is 3.06. The molecule has 34 heavy (non-hydrogen) atoms. The number of hydrogen-bond donors (Lipinski definition) is 2. The van der Waals surface area contributed by atoms with Gasteiger partial charge in [0.1, 0.15) is 11.5 Å². The van der Waals surface area contributed by atoms with Gasteiger partial charge in [0.2, 0.25) is 5.28 Å². The molecule has 1 aromatic heterocycles. The predicted molar refractivity (Wildman–Crippen MR) is 132 cm³/mol. The summed E-state index contributed by atoms with van der Waals surface area (Å²) in [6, 6.07) is 9.93. The molecule has 1 aromatic carbocycles. The van der Waals surface area contributed by atoms with Gasteiger partial charge in [0, 0.05) is 25.9 Å². The van der Waals surface area contributed by atoms with Gasteiger partial charge in [0.15, 0.2) is 5.82 Å². The Hall–Kier alpha value is -3.07. The first-order valence-corrected chi connectivity index (χ1v) is 11.4. The summed E-state index contributed by atoms with van der Waals surface area (Å²) in [4.78, 5) is 18.0. The van der Waals surface area contributed by atoms with E-state index in [9.17, 15) is 13.2 Å². The summed E-state index contributed by atoms with van der Waals surface area (Å²) in [7, 11) is 0. The number of alkyl halides is 3. The van der Waals surface area contributed by atoms with E-state index >= 15 is 0 Å². The highest BCUT2D eigenvalue weighted by molar-refractivity contribution is 6.28. The molecule has 1 aliphatic rings. The van der Waals surface area contributed by atoms with Crippen LogP contribution in [0.4, 0.5) is 19.0 Å². The smallest absolute Gasteiger partial charge is 0.370 e. The van der Waals surface area contributed by atoms with Crippen LogP contribution < -0.4 is 5.32 Å². The quantitative estimate of drug-likeness (QED) is 0.322. The van der Waals surface area contributed by atoms with Crippen molar-refractivity contribution < 1.29 is 13.2 Å². The fourth-order valence-corrected chi connectivity index (χ4v) is 3.84. The fraction of sp³-hybridized carbons (Fsp3) is 0.375. The van der Waals surface area contributed by atoms with E-state index in [1.807, 2.05) is 35.2 Å². The maximum atomic E-state index is 12.7. The van der Waals surface area contributed by atoms with Crippen LogP contribution in [0.1, 0.15) is 43.4 Å². The van der Waals surface area contributed by atoms with E-state index in [1.54, 1.807) is 0 Å². The van der Waals surface area contributed by atoms with E-state index in [-0.39, 0.29) is 18.2 Å². The summed E-state index contributed by atoms with van der Waals surface area (Å²) >= 11 is 5.99. The van der Waals surface area contributed by atoms with E-state index in [0.29, 0.717) is 36.7 Å². The van der Waals surface area contributed by atoms with Gasteiger partial charge < -0.3 is 15.2 Å². The van der Waals surface area contributed by atoms with Gasteiger partial charge in [0.05, 0.1) is 18.0 Å². The van der Waals surface area contributed by atoms with Crippen molar-refractivity contribution in [2.24, 2.45) is 9.98 Å². The molecule has 2 N–H and O–H groups in total. The number of aromatic nitrogens is 2. The highest BCUT2D eigenvalue weighted by atomic mass is 35.5. The fourth-order valence-electron chi connectivity index (χ4n) is 3.66. The molecule has 3 rings (SSSR count). The first kappa shape index (κ1) is 25.6. The van der Waals surface area contributed by atoms with E-state index < -0.39 is 12.6 Å². The van der Waals surface area contributed by atoms with Crippen LogP contribution in [0.25, 0.3) is 5.70 Å². The van der Waals surface area contributed by atoms with E-state index in [4.69, 9.17) is 11.6 Å². The van der Waals surface area contributed by atoms with Crippen LogP contribution in [0.15, 0.2) is 59.7 Å². The monoisotopic (exact) mass is 492 g/mol. The second-order valence-corrected chi connectivity index (χ2v) is 8.22. The number of hydrogen-bond acceptors (Lipinski definition) is 5. The van der Waals surface area contributed by atoms with Crippen LogP contribution in [0.5, 0.6) is 0 Å². The number of nitrogens with zero attached hydrogens (tertiary/aromatic N) is 4. The molecule has 0 saturated carbocycles. The lowest BCUT2D eigenvalue weighted by molar-refractivity contribution is -0.135. The highest BCUT2D eigenvalue weighted by Crippen LogP contribution is 2.28. The number of aliphatic imine (C=N–C) groups is 2. The number of nitrogens with one attached hydrogen (secondary N) is 2. The Labute approximate surface area is 202 Å². The van der Waals surface area contributed by atoms with Gasteiger partial charge in [-0.05, 0) is 42.6 Å². The van der Waals surface area contributed by atoms with Gasteiger partial charge >= 0.3 is 6.18 Å². The molecule has 10 heteroatoms. The number of aromatic amines is 1. The van der Waals surface area contributed by atoms with Gasteiger partial charge in [0.25, 0.3) is 0 Å². The van der Waals surface area contributed by atoms with Crippen molar-refractivity contribution in [3.05, 3.63) is 66.2 Å². The second kappa shape index (κ2) is 11.9. The Balaban J connectivity index is 1.58. The molecule has 0 bridgehead atoms. The van der Waals surface area contributed by atoms with Gasteiger partial charge in [-0.1, -0.05) is 43.5 Å². The standard InChI is InChI=1S/C24H28ClF3N6/c1-3-29-22-21(32-23(25)33-22)17(2)34(15-9-13-24(26,27)28)14-8-7-12-20-30-16-19(31-20)18-10-5-4-6-11-18/h3-6,10-11,29H,1-2,7-9,12-16H2,(H,32,33). The molecule has 182 valence electrons. The van der Waals surface area contributed by atoms with Gasteiger partial charge in [-0.15, -0.1) is 0 Å². The number of H-pyrrole nitrogens is 1.